The van der Waals surface area contributed by atoms with Crippen molar-refractivity contribution in [1.29, 1.82) is 0 Å². The van der Waals surface area contributed by atoms with Crippen LogP contribution in [0.2, 0.25) is 0 Å². The number of allylic oxidation sites excluding steroid dienone is 2. The number of para-hydroxylation sites is 2. The summed E-state index contributed by atoms with van der Waals surface area (Å²) in [7, 11) is 5.65. The molecule has 0 radical (unpaired) electrons. The van der Waals surface area contributed by atoms with E-state index < -0.39 is 88.8 Å². The van der Waals surface area contributed by atoms with E-state index in [9.17, 15) is 39.9 Å². The number of phenolic OH excluding ortho intramolecular Hbond substituents is 3. The first-order valence-corrected chi connectivity index (χ1v) is 28.2. The predicted molar refractivity (Wildman–Crippen MR) is 310 cm³/mol. The predicted octanol–water partition coefficient (Wildman–Crippen LogP) is 8.58. The number of nitrogens with one attached hydrogen (secondary N) is 1. The molecule has 6 N–H and O–H groups in total. The number of ketones is 1. The van der Waals surface area contributed by atoms with Crippen LogP contribution in [0.4, 0.5) is 17.1 Å². The third kappa shape index (κ3) is 12.3. The van der Waals surface area contributed by atoms with E-state index in [0.717, 1.165) is 25.6 Å². The molecule has 0 saturated carbocycles. The number of carbonyl (C=O) groups excluding carboxylic acids is 3. The zero-order valence-corrected chi connectivity index (χ0v) is 48.5. The Morgan fingerprint density at radius 1 is 0.850 bits per heavy atom. The molecule has 5 bridgehead atoms. The fourth-order valence-electron chi connectivity index (χ4n) is 11.3. The monoisotopic (exact) mass is 1120 g/mol. The molecule has 6 aliphatic heterocycles. The Balaban J connectivity index is 0.000000329. The molecule has 1 amide bonds. The van der Waals surface area contributed by atoms with Crippen LogP contribution in [0.5, 0.6) is 23.0 Å². The van der Waals surface area contributed by atoms with Gasteiger partial charge in [-0.1, -0.05) is 82.0 Å². The van der Waals surface area contributed by atoms with Crippen molar-refractivity contribution in [3.05, 3.63) is 101 Å². The van der Waals surface area contributed by atoms with Gasteiger partial charge in [-0.2, -0.15) is 5.10 Å². The first kappa shape index (κ1) is 59.5. The first-order valence-electron chi connectivity index (χ1n) is 27.4. The van der Waals surface area contributed by atoms with Crippen molar-refractivity contribution in [3.63, 3.8) is 0 Å². The Hall–Kier alpha value is -6.61. The second-order valence-corrected chi connectivity index (χ2v) is 23.3. The number of esters is 1. The molecule has 4 aromatic carbocycles. The lowest BCUT2D eigenvalue weighted by Crippen LogP contribution is -2.46. The molecule has 10 atom stereocenters. The third-order valence-corrected chi connectivity index (χ3v) is 17.5. The van der Waals surface area contributed by atoms with Crippen LogP contribution in [0, 0.1) is 36.5 Å². The number of aromatic hydroxyl groups is 3. The number of piperazine rings is 1. The molecule has 18 nitrogen and oxygen atoms in total. The highest BCUT2D eigenvalue weighted by Gasteiger charge is 2.50. The Kier molecular flexibility index (Phi) is 18.6. The molecule has 6 aliphatic rings. The van der Waals surface area contributed by atoms with Crippen LogP contribution >= 0.6 is 11.8 Å². The number of fused-ring (bicyclic) bond motifs is 16. The van der Waals surface area contributed by atoms with Gasteiger partial charge in [0.15, 0.2) is 5.75 Å². The minimum atomic E-state index is -2.04. The number of nitrogens with zero attached hydrogens (tertiary/aromatic N) is 5. The van der Waals surface area contributed by atoms with E-state index in [1.807, 2.05) is 18.8 Å². The largest absolute Gasteiger partial charge is 0.507 e. The maximum Gasteiger partial charge on any atom is 0.312 e. The van der Waals surface area contributed by atoms with Crippen LogP contribution in [0.15, 0.2) is 99.6 Å². The summed E-state index contributed by atoms with van der Waals surface area (Å²) >= 11 is 1.89. The van der Waals surface area contributed by atoms with E-state index >= 15 is 0 Å². The van der Waals surface area contributed by atoms with Crippen LogP contribution < -0.4 is 15.0 Å². The lowest BCUT2D eigenvalue weighted by molar-refractivity contribution is -0.160. The number of carbonyl (C=O) groups is 3. The number of rotatable bonds is 6. The van der Waals surface area contributed by atoms with Crippen molar-refractivity contribution in [2.75, 3.05) is 77.2 Å². The molecule has 80 heavy (non-hydrogen) atoms. The number of hydrogen-bond acceptors (Lipinski definition) is 18. The maximum absolute atomic E-state index is 14.4. The average molecular weight is 1120 g/mol. The minimum Gasteiger partial charge on any atom is -0.507 e. The highest BCUT2D eigenvalue weighted by molar-refractivity contribution is 7.99. The Labute approximate surface area is 473 Å². The van der Waals surface area contributed by atoms with Crippen molar-refractivity contribution in [3.8, 4) is 23.0 Å². The quantitative estimate of drug-likeness (QED) is 0.0460. The van der Waals surface area contributed by atoms with Crippen LogP contribution in [0.3, 0.4) is 0 Å². The number of hydrogen-bond donors (Lipinski definition) is 6. The van der Waals surface area contributed by atoms with Gasteiger partial charge in [-0.3, -0.25) is 19.4 Å². The van der Waals surface area contributed by atoms with Crippen molar-refractivity contribution in [2.45, 2.75) is 102 Å². The normalized spacial score (nSPS) is 29.2. The van der Waals surface area contributed by atoms with Gasteiger partial charge in [0, 0.05) is 110 Å². The van der Waals surface area contributed by atoms with Gasteiger partial charge < -0.3 is 64.5 Å². The Bertz CT molecular complexity index is 3040. The molecule has 6 heterocycles. The molecule has 0 spiro atoms. The Morgan fingerprint density at radius 2 is 1.50 bits per heavy atom. The van der Waals surface area contributed by atoms with E-state index in [1.165, 1.54) is 100 Å². The number of hydrazone groups is 1. The summed E-state index contributed by atoms with van der Waals surface area (Å²) in [6.45, 7) is 18.7. The van der Waals surface area contributed by atoms with Crippen molar-refractivity contribution >= 4 is 63.5 Å². The van der Waals surface area contributed by atoms with E-state index in [1.54, 1.807) is 44.9 Å². The number of amides is 1. The summed E-state index contributed by atoms with van der Waals surface area (Å²) in [5, 5.41) is 66.8. The number of phenols is 3. The second kappa shape index (κ2) is 25.0. The molecular weight excluding hydrogens is 1040 g/mol. The number of Topliss-reactive ketones (excluding diaryl/α,β-unsaturated/α-hetero) is 1. The van der Waals surface area contributed by atoms with Crippen molar-refractivity contribution in [2.24, 2.45) is 34.7 Å². The van der Waals surface area contributed by atoms with Crippen molar-refractivity contribution < 1.29 is 58.9 Å². The Morgan fingerprint density at radius 3 is 2.11 bits per heavy atom. The number of ether oxygens (including phenoxy) is 4. The summed E-state index contributed by atoms with van der Waals surface area (Å²) in [4.78, 5) is 50.4. The first-order chi connectivity index (χ1) is 38.0. The molecule has 1 unspecified atom stereocenters. The SMILES string of the molecule is CN1CCC(CN2c3ccccc3Sc3ccccc32)C1.CO[C@H]1/C=C/O[C@@]2(C)Oc3c(C)c(O)c4c(O)c(c(/C=N\N5CCN(C)CC5)c(O)c4c3C2=O)NC(=O)/C(C)=C\C=C\[C@H](C)[C@H](O)[C@@H](C)[C@@H](O)[C@@H](C)[C@H](OC(C)=O)[C@@H]1C. The summed E-state index contributed by atoms with van der Waals surface area (Å²) < 4.78 is 23.6. The maximum atomic E-state index is 14.4. The molecule has 2 fully saturated rings. The van der Waals surface area contributed by atoms with Gasteiger partial charge >= 0.3 is 11.8 Å². The minimum absolute atomic E-state index is 0.0559. The van der Waals surface area contributed by atoms with Gasteiger partial charge in [0.1, 0.15) is 23.4 Å². The summed E-state index contributed by atoms with van der Waals surface area (Å²) in [6.07, 6.45) is 6.17. The van der Waals surface area contributed by atoms with Crippen LogP contribution in [0.25, 0.3) is 10.8 Å². The number of benzene rings is 4. The van der Waals surface area contributed by atoms with Crippen LogP contribution in [-0.2, 0) is 23.8 Å². The van der Waals surface area contributed by atoms with Gasteiger partial charge in [0.25, 0.3) is 11.7 Å². The number of likely N-dealkylation sites (tertiary alicyclic amines) is 1. The summed E-state index contributed by atoms with van der Waals surface area (Å²) in [5.41, 5.74) is 2.39. The van der Waals surface area contributed by atoms with E-state index in [4.69, 9.17) is 18.9 Å². The standard InChI is InChI=1S/C43H58N4O12.C18H20N2S/c1-21-12-11-13-22(2)42(55)45-33-28(20-44-47-17-15-46(9)16-18-47)37(52)30-31(38(33)53)36(51)26(6)40-32(30)41(54)43(8,59-40)57-19-14-29(56-10)23(3)39(58-27(7)48)25(5)35(50)24(4)34(21)49;1-19-11-10-14(12-19)13-20-15-6-2-4-8-17(15)21-18-9-5-3-7-16(18)20/h11-14,19-21,23-25,29,34-35,39,49-53H,15-18H2,1-10H3,(H,45,55);2-9,14H,10-13H2,1H3/b12-11+,19-14+,22-13-,44-20-;/t21-,23+,24+,25+,29-,34-,35+,39+,43-;/m0./s1. The second-order valence-electron chi connectivity index (χ2n) is 22.2. The lowest BCUT2D eigenvalue weighted by atomic mass is 9.78. The number of aliphatic hydroxyl groups is 2. The molecule has 2 saturated heterocycles. The fraction of sp³-hybridized carbons (Fsp3) is 0.475. The van der Waals surface area contributed by atoms with Gasteiger partial charge in [-0.25, -0.2) is 0 Å². The van der Waals surface area contributed by atoms with E-state index in [0.29, 0.717) is 13.1 Å². The molecule has 0 aliphatic carbocycles. The zero-order chi connectivity index (χ0) is 57.9. The number of anilines is 3. The molecule has 4 aromatic rings. The third-order valence-electron chi connectivity index (χ3n) is 16.3. The van der Waals surface area contributed by atoms with E-state index in [-0.39, 0.29) is 44.5 Å². The molecule has 0 aromatic heterocycles. The number of aliphatic hydroxyl groups excluding tert-OH is 2. The fourth-order valence-corrected chi connectivity index (χ4v) is 12.4. The molecule has 430 valence electrons. The van der Waals surface area contributed by atoms with Crippen LogP contribution in [-0.4, -0.2) is 161 Å². The topological polar surface area (TPSA) is 227 Å². The summed E-state index contributed by atoms with van der Waals surface area (Å²) in [6, 6.07) is 17.6. The van der Waals surface area contributed by atoms with Gasteiger partial charge in [-0.15, -0.1) is 0 Å². The highest BCUT2D eigenvalue weighted by Crippen LogP contribution is 2.55. The lowest BCUT2D eigenvalue weighted by Gasteiger charge is -2.38. The van der Waals surface area contributed by atoms with Crippen LogP contribution in [0.1, 0.15) is 76.4 Å². The molecule has 19 heteroatoms. The van der Waals surface area contributed by atoms with Gasteiger partial charge in [0.05, 0.1) is 64.4 Å². The molecule has 10 rings (SSSR count). The summed E-state index contributed by atoms with van der Waals surface area (Å²) in [5.74, 6) is -7.58. The average Bonchev–Trinajstić information content (AvgIpc) is 4.10. The van der Waals surface area contributed by atoms with Gasteiger partial charge in [-0.05, 0) is 77.2 Å². The van der Waals surface area contributed by atoms with E-state index in [2.05, 4.69) is 80.7 Å². The van der Waals surface area contributed by atoms with Crippen molar-refractivity contribution in [1.82, 2.24) is 14.8 Å². The number of methoxy groups -OCH3 is 1. The number of likely N-dealkylation sites (N-methyl/N-ethyl adjacent to an activating group) is 1. The highest BCUT2D eigenvalue weighted by atomic mass is 32.2. The molecular formula is C61H78N6O12S. The smallest absolute Gasteiger partial charge is 0.312 e. The zero-order valence-electron chi connectivity index (χ0n) is 47.7. The van der Waals surface area contributed by atoms with Gasteiger partial charge in [0.2, 0.25) is 0 Å².